The Labute approximate surface area is 126 Å². The molecule has 0 spiro atoms. The van der Waals surface area contributed by atoms with Gasteiger partial charge in [-0.25, -0.2) is 0 Å². The zero-order valence-electron chi connectivity index (χ0n) is 13.8. The lowest BCUT2D eigenvalue weighted by Gasteiger charge is -2.40. The summed E-state index contributed by atoms with van der Waals surface area (Å²) in [7, 11) is 0. The van der Waals surface area contributed by atoms with E-state index < -0.39 is 0 Å². The van der Waals surface area contributed by atoms with E-state index in [4.69, 9.17) is 4.74 Å². The molecule has 0 unspecified atom stereocenters. The van der Waals surface area contributed by atoms with E-state index >= 15 is 0 Å². The van der Waals surface area contributed by atoms with Crippen LogP contribution in [0.5, 0.6) is 0 Å². The maximum Gasteiger partial charge on any atom is 0.0576 e. The number of hydrogen-bond acceptors (Lipinski definition) is 2. The molecule has 1 aliphatic heterocycles. The summed E-state index contributed by atoms with van der Waals surface area (Å²) in [6, 6.07) is 0.864. The minimum Gasteiger partial charge on any atom is -0.378 e. The molecule has 0 aromatic heterocycles. The van der Waals surface area contributed by atoms with Crippen molar-refractivity contribution in [3.05, 3.63) is 0 Å². The number of piperidine rings is 1. The van der Waals surface area contributed by atoms with Crippen molar-refractivity contribution in [3.8, 4) is 0 Å². The quantitative estimate of drug-likeness (QED) is 0.675. The predicted molar refractivity (Wildman–Crippen MR) is 86.1 cm³/mol. The largest absolute Gasteiger partial charge is 0.378 e. The van der Waals surface area contributed by atoms with Gasteiger partial charge in [0, 0.05) is 12.6 Å². The highest BCUT2D eigenvalue weighted by molar-refractivity contribution is 4.83. The van der Waals surface area contributed by atoms with Crippen molar-refractivity contribution >= 4 is 0 Å². The van der Waals surface area contributed by atoms with Gasteiger partial charge in [0.25, 0.3) is 0 Å². The highest BCUT2D eigenvalue weighted by Gasteiger charge is 2.28. The van der Waals surface area contributed by atoms with Crippen LogP contribution in [0.1, 0.15) is 78.1 Å². The predicted octanol–water partition coefficient (Wildman–Crippen LogP) is 4.63. The Morgan fingerprint density at radius 1 is 0.900 bits per heavy atom. The van der Waals surface area contributed by atoms with Gasteiger partial charge in [0.1, 0.15) is 0 Å². The third-order valence-corrected chi connectivity index (χ3v) is 5.33. The molecule has 1 aliphatic carbocycles. The van der Waals surface area contributed by atoms with Gasteiger partial charge in [0.15, 0.2) is 0 Å². The van der Waals surface area contributed by atoms with Crippen LogP contribution in [0.2, 0.25) is 0 Å². The normalized spacial score (nSPS) is 29.7. The van der Waals surface area contributed by atoms with Gasteiger partial charge in [-0.15, -0.1) is 0 Å². The lowest BCUT2D eigenvalue weighted by molar-refractivity contribution is 0.00186. The third-order valence-electron chi connectivity index (χ3n) is 5.33. The Bertz CT molecular complexity index is 214. The fourth-order valence-corrected chi connectivity index (χ4v) is 3.96. The summed E-state index contributed by atoms with van der Waals surface area (Å²) in [4.78, 5) is 2.79. The van der Waals surface area contributed by atoms with E-state index in [1.54, 1.807) is 0 Å². The number of hydrogen-bond donors (Lipinski definition) is 0. The summed E-state index contributed by atoms with van der Waals surface area (Å²) in [6.45, 7) is 8.19. The molecular weight excluding hydrogens is 246 g/mol. The zero-order chi connectivity index (χ0) is 14.2. The maximum atomic E-state index is 5.91. The van der Waals surface area contributed by atoms with Gasteiger partial charge in [0.2, 0.25) is 0 Å². The summed E-state index contributed by atoms with van der Waals surface area (Å²) in [5, 5.41) is 0. The second kappa shape index (κ2) is 9.04. The van der Waals surface area contributed by atoms with Gasteiger partial charge in [-0.2, -0.15) is 0 Å². The SMILES string of the molecule is CCCCC1CCN(C2CCC(OCCC)CC2)CC1. The molecule has 118 valence electrons. The minimum absolute atomic E-state index is 0.563. The van der Waals surface area contributed by atoms with Crippen LogP contribution in [0.3, 0.4) is 0 Å². The van der Waals surface area contributed by atoms with Crippen LogP contribution in [0.25, 0.3) is 0 Å². The van der Waals surface area contributed by atoms with Crippen molar-refractivity contribution in [1.82, 2.24) is 4.90 Å². The molecular formula is C18H35NO. The number of nitrogens with zero attached hydrogens (tertiary/aromatic N) is 1. The Morgan fingerprint density at radius 2 is 1.60 bits per heavy atom. The molecule has 2 nitrogen and oxygen atoms in total. The molecule has 1 saturated carbocycles. The summed E-state index contributed by atoms with van der Waals surface area (Å²) in [5.41, 5.74) is 0. The summed E-state index contributed by atoms with van der Waals surface area (Å²) < 4.78 is 5.91. The Balaban J connectivity index is 1.63. The first-order chi connectivity index (χ1) is 9.83. The first-order valence-electron chi connectivity index (χ1n) is 9.19. The molecule has 2 heteroatoms. The molecule has 20 heavy (non-hydrogen) atoms. The van der Waals surface area contributed by atoms with Gasteiger partial charge >= 0.3 is 0 Å². The van der Waals surface area contributed by atoms with Crippen molar-refractivity contribution in [3.63, 3.8) is 0 Å². The van der Waals surface area contributed by atoms with Crippen LogP contribution in [0.15, 0.2) is 0 Å². The Morgan fingerprint density at radius 3 is 2.20 bits per heavy atom. The van der Waals surface area contributed by atoms with E-state index in [2.05, 4.69) is 18.7 Å². The molecule has 0 atom stereocenters. The standard InChI is InChI=1S/C18H35NO/c1-3-5-6-16-11-13-19(14-12-16)17-7-9-18(10-8-17)20-15-4-2/h16-18H,3-15H2,1-2H3. The highest BCUT2D eigenvalue weighted by atomic mass is 16.5. The molecule has 0 radical (unpaired) electrons. The third kappa shape index (κ3) is 5.04. The molecule has 0 amide bonds. The van der Waals surface area contributed by atoms with E-state index in [-0.39, 0.29) is 0 Å². The molecule has 0 bridgehead atoms. The lowest BCUT2D eigenvalue weighted by Crippen LogP contribution is -2.44. The average molecular weight is 281 g/mol. The monoisotopic (exact) mass is 281 g/mol. The Hall–Kier alpha value is -0.0800. The van der Waals surface area contributed by atoms with Crippen molar-refractivity contribution in [2.75, 3.05) is 19.7 Å². The lowest BCUT2D eigenvalue weighted by atomic mass is 9.87. The molecule has 1 heterocycles. The number of rotatable bonds is 7. The van der Waals surface area contributed by atoms with Gasteiger partial charge in [-0.3, -0.25) is 0 Å². The second-order valence-corrected chi connectivity index (χ2v) is 6.92. The highest BCUT2D eigenvalue weighted by Crippen LogP contribution is 2.30. The molecule has 0 aromatic carbocycles. The van der Waals surface area contributed by atoms with E-state index in [9.17, 15) is 0 Å². The van der Waals surface area contributed by atoms with Gasteiger partial charge < -0.3 is 9.64 Å². The van der Waals surface area contributed by atoms with Crippen molar-refractivity contribution in [2.24, 2.45) is 5.92 Å². The first-order valence-corrected chi connectivity index (χ1v) is 9.19. The zero-order valence-corrected chi connectivity index (χ0v) is 13.8. The molecule has 2 rings (SSSR count). The smallest absolute Gasteiger partial charge is 0.0576 e. The molecule has 1 saturated heterocycles. The number of ether oxygens (including phenoxy) is 1. The van der Waals surface area contributed by atoms with Crippen LogP contribution in [0.4, 0.5) is 0 Å². The summed E-state index contributed by atoms with van der Waals surface area (Å²) in [5.74, 6) is 1.02. The van der Waals surface area contributed by atoms with Gasteiger partial charge in [-0.05, 0) is 64.0 Å². The Kier molecular flexibility index (Phi) is 7.37. The maximum absolute atomic E-state index is 5.91. The van der Waals surface area contributed by atoms with Crippen LogP contribution >= 0.6 is 0 Å². The van der Waals surface area contributed by atoms with Crippen LogP contribution in [-0.2, 0) is 4.74 Å². The van der Waals surface area contributed by atoms with Crippen molar-refractivity contribution in [1.29, 1.82) is 0 Å². The number of likely N-dealkylation sites (tertiary alicyclic amines) is 1. The first kappa shape index (κ1) is 16.3. The van der Waals surface area contributed by atoms with E-state index in [1.165, 1.54) is 70.9 Å². The number of unbranched alkanes of at least 4 members (excludes halogenated alkanes) is 1. The molecule has 2 aliphatic rings. The minimum atomic E-state index is 0.563. The summed E-state index contributed by atoms with van der Waals surface area (Å²) >= 11 is 0. The fraction of sp³-hybridized carbons (Fsp3) is 1.00. The molecule has 0 aromatic rings. The second-order valence-electron chi connectivity index (χ2n) is 6.92. The van der Waals surface area contributed by atoms with Gasteiger partial charge in [0.05, 0.1) is 6.10 Å². The average Bonchev–Trinajstić information content (AvgIpc) is 2.52. The van der Waals surface area contributed by atoms with Crippen molar-refractivity contribution < 1.29 is 4.74 Å². The van der Waals surface area contributed by atoms with Crippen molar-refractivity contribution in [2.45, 2.75) is 90.2 Å². The van der Waals surface area contributed by atoms with Crippen LogP contribution in [-0.4, -0.2) is 36.7 Å². The van der Waals surface area contributed by atoms with E-state index in [0.29, 0.717) is 6.10 Å². The fourth-order valence-electron chi connectivity index (χ4n) is 3.96. The van der Waals surface area contributed by atoms with Crippen LogP contribution < -0.4 is 0 Å². The van der Waals surface area contributed by atoms with Gasteiger partial charge in [-0.1, -0.05) is 33.1 Å². The van der Waals surface area contributed by atoms with Crippen LogP contribution in [0, 0.1) is 5.92 Å². The van der Waals surface area contributed by atoms with E-state index in [0.717, 1.165) is 25.0 Å². The molecule has 0 N–H and O–H groups in total. The molecule has 2 fully saturated rings. The topological polar surface area (TPSA) is 12.5 Å². The summed E-state index contributed by atoms with van der Waals surface area (Å²) in [6.07, 6.45) is 14.2. The van der Waals surface area contributed by atoms with E-state index in [1.807, 2.05) is 0 Å².